The van der Waals surface area contributed by atoms with Crippen molar-refractivity contribution in [2.45, 2.75) is 13.3 Å². The molecule has 0 amide bonds. The lowest BCUT2D eigenvalue weighted by Gasteiger charge is -2.06. The number of nitrogens with zero attached hydrogens (tertiary/aromatic N) is 1. The average Bonchev–Trinajstić information content (AvgIpc) is 3.08. The number of thiophene rings is 1. The summed E-state index contributed by atoms with van der Waals surface area (Å²) in [5, 5.41) is 6.69. The minimum absolute atomic E-state index is 0.625. The lowest BCUT2D eigenvalue weighted by molar-refractivity contribution is 1.11. The number of fused-ring (bicyclic) bond motifs is 2. The number of nitrogen functional groups attached to an aromatic ring is 1. The fourth-order valence-electron chi connectivity index (χ4n) is 2.88. The number of rotatable bonds is 1. The molecule has 0 unspecified atom stereocenters. The van der Waals surface area contributed by atoms with Gasteiger partial charge >= 0.3 is 0 Å². The number of nitrogens with one attached hydrogen (secondary N) is 1. The van der Waals surface area contributed by atoms with Crippen LogP contribution in [0.2, 0.25) is 0 Å². The van der Waals surface area contributed by atoms with Crippen molar-refractivity contribution in [1.82, 2.24) is 4.98 Å². The van der Waals surface area contributed by atoms with Crippen molar-refractivity contribution in [1.29, 1.82) is 0 Å². The highest BCUT2D eigenvalue weighted by atomic mass is 32.1. The van der Waals surface area contributed by atoms with Gasteiger partial charge in [0.1, 0.15) is 5.82 Å². The Kier molecular flexibility index (Phi) is 2.47. The molecule has 0 saturated carbocycles. The van der Waals surface area contributed by atoms with Gasteiger partial charge in [0.2, 0.25) is 0 Å². The maximum absolute atomic E-state index is 6.10. The molecule has 0 atom stereocenters. The van der Waals surface area contributed by atoms with E-state index in [1.54, 1.807) is 11.3 Å². The minimum Gasteiger partial charge on any atom is -0.384 e. The summed E-state index contributed by atoms with van der Waals surface area (Å²) in [6, 6.07) is 6.61. The molecule has 4 heteroatoms. The van der Waals surface area contributed by atoms with Crippen LogP contribution in [0.25, 0.3) is 21.2 Å². The molecule has 3 aromatic rings. The van der Waals surface area contributed by atoms with Crippen LogP contribution in [-0.2, 0) is 6.42 Å². The zero-order chi connectivity index (χ0) is 13.7. The van der Waals surface area contributed by atoms with Gasteiger partial charge in [0.15, 0.2) is 0 Å². The first-order valence-electron chi connectivity index (χ1n) is 6.73. The van der Waals surface area contributed by atoms with Gasteiger partial charge < -0.3 is 11.1 Å². The molecule has 3 nitrogen and oxygen atoms in total. The topological polar surface area (TPSA) is 50.9 Å². The third-order valence-electron chi connectivity index (χ3n) is 3.93. The zero-order valence-corrected chi connectivity index (χ0v) is 12.1. The van der Waals surface area contributed by atoms with Crippen LogP contribution in [0.1, 0.15) is 11.1 Å². The van der Waals surface area contributed by atoms with Gasteiger partial charge in [-0.2, -0.15) is 0 Å². The summed E-state index contributed by atoms with van der Waals surface area (Å²) in [7, 11) is 0. The van der Waals surface area contributed by atoms with Gasteiger partial charge in [-0.1, -0.05) is 6.07 Å². The number of pyridine rings is 1. The molecule has 3 heterocycles. The smallest absolute Gasteiger partial charge is 0.132 e. The van der Waals surface area contributed by atoms with Crippen LogP contribution < -0.4 is 11.1 Å². The Hall–Kier alpha value is -2.07. The van der Waals surface area contributed by atoms with E-state index in [4.69, 9.17) is 5.73 Å². The first-order valence-corrected chi connectivity index (χ1v) is 7.61. The van der Waals surface area contributed by atoms with Crippen molar-refractivity contribution < 1.29 is 0 Å². The van der Waals surface area contributed by atoms with Crippen LogP contribution in [0.5, 0.6) is 0 Å². The lowest BCUT2D eigenvalue weighted by atomic mass is 10.0. The van der Waals surface area contributed by atoms with E-state index in [1.165, 1.54) is 32.6 Å². The summed E-state index contributed by atoms with van der Waals surface area (Å²) in [5.41, 5.74) is 12.4. The Morgan fingerprint density at radius 1 is 1.35 bits per heavy atom. The Bertz CT molecular complexity index is 820. The zero-order valence-electron chi connectivity index (χ0n) is 11.2. The molecule has 4 rings (SSSR count). The van der Waals surface area contributed by atoms with E-state index < -0.39 is 0 Å². The van der Waals surface area contributed by atoms with E-state index in [2.05, 4.69) is 40.8 Å². The van der Waals surface area contributed by atoms with Gasteiger partial charge in [-0.3, -0.25) is 0 Å². The Morgan fingerprint density at radius 3 is 3.15 bits per heavy atom. The summed E-state index contributed by atoms with van der Waals surface area (Å²) in [6.45, 7) is 3.12. The highest BCUT2D eigenvalue weighted by molar-refractivity contribution is 7.18. The van der Waals surface area contributed by atoms with E-state index in [0.29, 0.717) is 5.82 Å². The molecule has 0 bridgehead atoms. The van der Waals surface area contributed by atoms with E-state index in [0.717, 1.165) is 18.4 Å². The molecular weight excluding hydrogens is 266 g/mol. The van der Waals surface area contributed by atoms with Crippen LogP contribution in [0.3, 0.4) is 0 Å². The predicted octanol–water partition coefficient (Wildman–Crippen LogP) is 3.82. The number of benzene rings is 1. The third kappa shape index (κ3) is 1.61. The van der Waals surface area contributed by atoms with Crippen molar-refractivity contribution >= 4 is 32.9 Å². The Balaban J connectivity index is 1.97. The van der Waals surface area contributed by atoms with E-state index in [-0.39, 0.29) is 0 Å². The molecule has 0 aliphatic carbocycles. The van der Waals surface area contributed by atoms with Crippen LogP contribution in [-0.4, -0.2) is 11.5 Å². The highest BCUT2D eigenvalue weighted by Gasteiger charge is 2.15. The van der Waals surface area contributed by atoms with Crippen LogP contribution in [0.4, 0.5) is 11.5 Å². The fraction of sp³-hybridized carbons (Fsp3) is 0.188. The number of anilines is 2. The molecule has 1 aliphatic heterocycles. The maximum Gasteiger partial charge on any atom is 0.132 e. The van der Waals surface area contributed by atoms with E-state index in [1.807, 2.05) is 6.20 Å². The quantitative estimate of drug-likeness (QED) is 0.713. The normalized spacial score (nSPS) is 13.4. The molecule has 0 fully saturated rings. The molecule has 20 heavy (non-hydrogen) atoms. The maximum atomic E-state index is 6.10. The number of aromatic nitrogens is 1. The fourth-order valence-corrected chi connectivity index (χ4v) is 3.94. The van der Waals surface area contributed by atoms with Crippen molar-refractivity contribution in [3.05, 3.63) is 40.9 Å². The molecule has 1 aromatic carbocycles. The summed E-state index contributed by atoms with van der Waals surface area (Å²) in [6.07, 6.45) is 2.95. The number of hydrogen-bond acceptors (Lipinski definition) is 4. The minimum atomic E-state index is 0.625. The van der Waals surface area contributed by atoms with Crippen molar-refractivity contribution in [3.8, 4) is 11.1 Å². The second-order valence-corrected chi connectivity index (χ2v) is 6.11. The Labute approximate surface area is 121 Å². The number of hydrogen-bond donors (Lipinski definition) is 2. The van der Waals surface area contributed by atoms with Gasteiger partial charge in [-0.05, 0) is 47.5 Å². The standard InChI is InChI=1S/C16H15N3S/c1-9-7-19-16(17)14-12(8-20-15(9)14)10-2-3-13-11(6-10)4-5-18-13/h2-3,6-8,18H,4-5H2,1H3,(H2,17,19). The SMILES string of the molecule is Cc1cnc(N)c2c(-c3ccc4c(c3)CCN4)csc12. The molecule has 2 aromatic heterocycles. The van der Waals surface area contributed by atoms with E-state index in [9.17, 15) is 0 Å². The first-order chi connectivity index (χ1) is 9.74. The molecule has 0 spiro atoms. The van der Waals surface area contributed by atoms with Crippen molar-refractivity contribution in [2.75, 3.05) is 17.6 Å². The van der Waals surface area contributed by atoms with E-state index >= 15 is 0 Å². The van der Waals surface area contributed by atoms with Gasteiger partial charge in [-0.25, -0.2) is 4.98 Å². The third-order valence-corrected chi connectivity index (χ3v) is 5.04. The molecular formula is C16H15N3S. The van der Waals surface area contributed by atoms with Gasteiger partial charge in [-0.15, -0.1) is 11.3 Å². The summed E-state index contributed by atoms with van der Waals surface area (Å²) in [5.74, 6) is 0.625. The largest absolute Gasteiger partial charge is 0.384 e. The summed E-state index contributed by atoms with van der Waals surface area (Å²) in [4.78, 5) is 4.31. The average molecular weight is 281 g/mol. The summed E-state index contributed by atoms with van der Waals surface area (Å²) >= 11 is 1.75. The molecule has 100 valence electrons. The summed E-state index contributed by atoms with van der Waals surface area (Å²) < 4.78 is 1.24. The first kappa shape index (κ1) is 11.7. The Morgan fingerprint density at radius 2 is 2.25 bits per heavy atom. The molecule has 0 saturated heterocycles. The van der Waals surface area contributed by atoms with Crippen molar-refractivity contribution in [3.63, 3.8) is 0 Å². The van der Waals surface area contributed by atoms with Crippen LogP contribution >= 0.6 is 11.3 Å². The number of aryl methyl sites for hydroxylation is 1. The monoisotopic (exact) mass is 281 g/mol. The second-order valence-electron chi connectivity index (χ2n) is 5.23. The van der Waals surface area contributed by atoms with Crippen LogP contribution in [0.15, 0.2) is 29.8 Å². The van der Waals surface area contributed by atoms with Gasteiger partial charge in [0.05, 0.1) is 0 Å². The predicted molar refractivity (Wildman–Crippen MR) is 86.4 cm³/mol. The highest BCUT2D eigenvalue weighted by Crippen LogP contribution is 2.39. The molecule has 1 aliphatic rings. The van der Waals surface area contributed by atoms with Crippen LogP contribution in [0, 0.1) is 6.92 Å². The molecule has 3 N–H and O–H groups in total. The second kappa shape index (κ2) is 4.21. The van der Waals surface area contributed by atoms with Crippen molar-refractivity contribution in [2.24, 2.45) is 0 Å². The molecule has 0 radical (unpaired) electrons. The number of nitrogens with two attached hydrogens (primary N) is 1. The lowest BCUT2D eigenvalue weighted by Crippen LogP contribution is -1.92. The van der Waals surface area contributed by atoms with Gasteiger partial charge in [0, 0.05) is 34.1 Å². The van der Waals surface area contributed by atoms with Gasteiger partial charge in [0.25, 0.3) is 0 Å².